The number of nitrogens with zero attached hydrogens (tertiary/aromatic N) is 1. The highest BCUT2D eigenvalue weighted by atomic mass is 32.2. The Balaban J connectivity index is 1.87. The van der Waals surface area contributed by atoms with Crippen molar-refractivity contribution in [3.8, 4) is 0 Å². The summed E-state index contributed by atoms with van der Waals surface area (Å²) in [5.74, 6) is 2.82. The van der Waals surface area contributed by atoms with E-state index in [2.05, 4.69) is 17.2 Å². The lowest BCUT2D eigenvalue weighted by Gasteiger charge is -2.16. The molecule has 0 aliphatic carbocycles. The van der Waals surface area contributed by atoms with Crippen molar-refractivity contribution in [1.29, 1.82) is 0 Å². The zero-order chi connectivity index (χ0) is 10.7. The Morgan fingerprint density at radius 3 is 3.07 bits per heavy atom. The van der Waals surface area contributed by atoms with E-state index in [0.29, 0.717) is 18.5 Å². The van der Waals surface area contributed by atoms with Crippen LogP contribution in [0, 0.1) is 11.7 Å². The lowest BCUT2D eigenvalue weighted by molar-refractivity contribution is 0.452. The average molecular weight is 226 g/mol. The summed E-state index contributed by atoms with van der Waals surface area (Å²) in [6.07, 6.45) is 2.94. The maximum Gasteiger partial charge on any atom is 0.141 e. The van der Waals surface area contributed by atoms with Crippen molar-refractivity contribution in [2.45, 2.75) is 19.5 Å². The van der Waals surface area contributed by atoms with E-state index in [1.54, 1.807) is 6.20 Å². The molecule has 1 aliphatic heterocycles. The lowest BCUT2D eigenvalue weighted by Crippen LogP contribution is -2.33. The van der Waals surface area contributed by atoms with Crippen molar-refractivity contribution in [2.75, 3.05) is 11.5 Å². The van der Waals surface area contributed by atoms with E-state index in [9.17, 15) is 4.39 Å². The Hall–Kier alpha value is -0.610. The second kappa shape index (κ2) is 4.94. The molecule has 82 valence electrons. The van der Waals surface area contributed by atoms with Gasteiger partial charge in [0.2, 0.25) is 0 Å². The third-order valence-corrected chi connectivity index (χ3v) is 4.05. The van der Waals surface area contributed by atoms with Gasteiger partial charge < -0.3 is 5.32 Å². The highest BCUT2D eigenvalue weighted by Crippen LogP contribution is 2.23. The summed E-state index contributed by atoms with van der Waals surface area (Å²) >= 11 is 1.98. The summed E-state index contributed by atoms with van der Waals surface area (Å²) in [5, 5.41) is 3.45. The average Bonchev–Trinajstić information content (AvgIpc) is 2.61. The van der Waals surface area contributed by atoms with E-state index in [1.807, 2.05) is 11.8 Å². The summed E-state index contributed by atoms with van der Waals surface area (Å²) in [6.45, 7) is 2.96. The maximum absolute atomic E-state index is 12.9. The maximum atomic E-state index is 12.9. The van der Waals surface area contributed by atoms with Crippen molar-refractivity contribution in [2.24, 2.45) is 5.92 Å². The molecule has 0 radical (unpaired) electrons. The van der Waals surface area contributed by atoms with E-state index < -0.39 is 0 Å². The van der Waals surface area contributed by atoms with Gasteiger partial charge in [-0.2, -0.15) is 11.8 Å². The van der Waals surface area contributed by atoms with Gasteiger partial charge in [-0.25, -0.2) is 4.39 Å². The van der Waals surface area contributed by atoms with Crippen molar-refractivity contribution in [3.05, 3.63) is 29.8 Å². The molecule has 1 fully saturated rings. The summed E-state index contributed by atoms with van der Waals surface area (Å²) in [7, 11) is 0. The van der Waals surface area contributed by atoms with Crippen molar-refractivity contribution >= 4 is 11.8 Å². The third-order valence-electron chi connectivity index (χ3n) is 2.69. The molecule has 2 rings (SSSR count). The molecule has 2 heterocycles. The summed E-state index contributed by atoms with van der Waals surface area (Å²) in [6, 6.07) is 2.09. The van der Waals surface area contributed by atoms with Gasteiger partial charge in [0.1, 0.15) is 5.82 Å². The quantitative estimate of drug-likeness (QED) is 0.854. The normalized spacial score (nSPS) is 25.7. The minimum atomic E-state index is -0.261. The van der Waals surface area contributed by atoms with Gasteiger partial charge in [-0.3, -0.25) is 4.98 Å². The van der Waals surface area contributed by atoms with Gasteiger partial charge in [0, 0.05) is 24.5 Å². The number of pyridine rings is 1. The van der Waals surface area contributed by atoms with Crippen LogP contribution in [-0.4, -0.2) is 22.5 Å². The smallest absolute Gasteiger partial charge is 0.141 e. The number of rotatable bonds is 3. The molecule has 15 heavy (non-hydrogen) atoms. The molecule has 4 heteroatoms. The first-order valence-corrected chi connectivity index (χ1v) is 6.32. The molecule has 0 spiro atoms. The van der Waals surface area contributed by atoms with Gasteiger partial charge in [0.05, 0.1) is 6.20 Å². The minimum absolute atomic E-state index is 0.261. The zero-order valence-electron chi connectivity index (χ0n) is 8.74. The molecular formula is C11H15FN2S. The van der Waals surface area contributed by atoms with Crippen LogP contribution in [0.1, 0.15) is 12.5 Å². The van der Waals surface area contributed by atoms with E-state index in [4.69, 9.17) is 0 Å². The van der Waals surface area contributed by atoms with Gasteiger partial charge in [-0.1, -0.05) is 6.92 Å². The molecule has 1 saturated heterocycles. The topological polar surface area (TPSA) is 24.9 Å². The van der Waals surface area contributed by atoms with Crippen molar-refractivity contribution in [3.63, 3.8) is 0 Å². The van der Waals surface area contributed by atoms with Crippen LogP contribution in [0.25, 0.3) is 0 Å². The highest BCUT2D eigenvalue weighted by molar-refractivity contribution is 7.99. The predicted octanol–water partition coefficient (Wildman–Crippen LogP) is 2.06. The Bertz CT molecular complexity index is 332. The molecule has 1 aromatic rings. The van der Waals surface area contributed by atoms with Crippen LogP contribution in [0.5, 0.6) is 0 Å². The third kappa shape index (κ3) is 2.92. The summed E-state index contributed by atoms with van der Waals surface area (Å²) in [5.41, 5.74) is 0.916. The molecule has 1 N–H and O–H groups in total. The fourth-order valence-corrected chi connectivity index (χ4v) is 3.16. The van der Waals surface area contributed by atoms with Gasteiger partial charge in [-0.05, 0) is 23.3 Å². The van der Waals surface area contributed by atoms with Crippen LogP contribution in [0.15, 0.2) is 18.5 Å². The fraction of sp³-hybridized carbons (Fsp3) is 0.545. The minimum Gasteiger partial charge on any atom is -0.309 e. The van der Waals surface area contributed by atoms with Gasteiger partial charge in [0.15, 0.2) is 0 Å². The Morgan fingerprint density at radius 2 is 2.40 bits per heavy atom. The molecule has 0 unspecified atom stereocenters. The van der Waals surface area contributed by atoms with Crippen molar-refractivity contribution in [1.82, 2.24) is 10.3 Å². The molecule has 0 aromatic carbocycles. The second-order valence-corrected chi connectivity index (χ2v) is 5.09. The SMILES string of the molecule is C[C@H]1CSC[C@@H]1NCc1cncc(F)c1. The van der Waals surface area contributed by atoms with Crippen LogP contribution in [0.3, 0.4) is 0 Å². The highest BCUT2D eigenvalue weighted by Gasteiger charge is 2.22. The molecule has 2 nitrogen and oxygen atoms in total. The van der Waals surface area contributed by atoms with Crippen LogP contribution in [-0.2, 0) is 6.54 Å². The van der Waals surface area contributed by atoms with E-state index in [-0.39, 0.29) is 5.82 Å². The number of halogens is 1. The molecule has 1 aromatic heterocycles. The largest absolute Gasteiger partial charge is 0.309 e. The molecule has 1 aliphatic rings. The first-order chi connectivity index (χ1) is 7.25. The molecule has 2 atom stereocenters. The fourth-order valence-electron chi connectivity index (χ4n) is 1.72. The molecule has 0 amide bonds. The second-order valence-electron chi connectivity index (χ2n) is 4.01. The standard InChI is InChI=1S/C11H15FN2S/c1-8-6-15-7-11(8)14-4-9-2-10(12)5-13-3-9/h2-3,5,8,11,14H,4,6-7H2,1H3/t8-,11-/m0/s1. The number of thioether (sulfide) groups is 1. The van der Waals surface area contributed by atoms with Gasteiger partial charge >= 0.3 is 0 Å². The first-order valence-electron chi connectivity index (χ1n) is 5.16. The van der Waals surface area contributed by atoms with Gasteiger partial charge in [-0.15, -0.1) is 0 Å². The molecular weight excluding hydrogens is 211 g/mol. The predicted molar refractivity (Wildman–Crippen MR) is 61.3 cm³/mol. The van der Waals surface area contributed by atoms with E-state index >= 15 is 0 Å². The van der Waals surface area contributed by atoms with Gasteiger partial charge in [0.25, 0.3) is 0 Å². The van der Waals surface area contributed by atoms with Crippen LogP contribution >= 0.6 is 11.8 Å². The van der Waals surface area contributed by atoms with Crippen LogP contribution in [0.2, 0.25) is 0 Å². The monoisotopic (exact) mass is 226 g/mol. The molecule has 0 saturated carbocycles. The summed E-state index contributed by atoms with van der Waals surface area (Å²) in [4.78, 5) is 3.83. The van der Waals surface area contributed by atoms with Crippen molar-refractivity contribution < 1.29 is 4.39 Å². The Kier molecular flexibility index (Phi) is 3.59. The number of hydrogen-bond donors (Lipinski definition) is 1. The number of hydrogen-bond acceptors (Lipinski definition) is 3. The molecule has 0 bridgehead atoms. The number of aromatic nitrogens is 1. The first kappa shape index (κ1) is 10.9. The summed E-state index contributed by atoms with van der Waals surface area (Å²) < 4.78 is 12.9. The Labute approximate surface area is 93.7 Å². The van der Waals surface area contributed by atoms with E-state index in [0.717, 1.165) is 11.3 Å². The van der Waals surface area contributed by atoms with Crippen LogP contribution in [0.4, 0.5) is 4.39 Å². The van der Waals surface area contributed by atoms with Crippen LogP contribution < -0.4 is 5.32 Å². The zero-order valence-corrected chi connectivity index (χ0v) is 9.56. The lowest BCUT2D eigenvalue weighted by atomic mass is 10.1. The number of nitrogens with one attached hydrogen (secondary N) is 1. The van der Waals surface area contributed by atoms with E-state index in [1.165, 1.54) is 18.0 Å². The Morgan fingerprint density at radius 1 is 1.53 bits per heavy atom.